The van der Waals surface area contributed by atoms with Crippen molar-refractivity contribution in [2.24, 2.45) is 5.92 Å². The molecule has 4 atom stereocenters. The zero-order valence-corrected chi connectivity index (χ0v) is 8.50. The van der Waals surface area contributed by atoms with E-state index in [0.717, 1.165) is 6.54 Å². The molecule has 13 heavy (non-hydrogen) atoms. The molecule has 2 heteroatoms. The first-order valence-electron chi connectivity index (χ1n) is 5.78. The first-order chi connectivity index (χ1) is 6.24. The summed E-state index contributed by atoms with van der Waals surface area (Å²) in [5.74, 6) is 0.693. The molecule has 0 bridgehead atoms. The number of nitrogens with zero attached hydrogens (tertiary/aromatic N) is 1. The number of hydrogen-bond donors (Lipinski definition) is 1. The van der Waals surface area contributed by atoms with Crippen LogP contribution in [0, 0.1) is 5.92 Å². The van der Waals surface area contributed by atoms with Crippen LogP contribution >= 0.6 is 0 Å². The normalized spacial score (nSPS) is 56.8. The number of aliphatic hydroxyl groups excluding tert-OH is 1. The van der Waals surface area contributed by atoms with Gasteiger partial charge in [-0.2, -0.15) is 0 Å². The maximum absolute atomic E-state index is 9.86. The summed E-state index contributed by atoms with van der Waals surface area (Å²) in [5.41, 5.74) is 0.606. The van der Waals surface area contributed by atoms with E-state index < -0.39 is 0 Å². The van der Waals surface area contributed by atoms with Gasteiger partial charge in [0.25, 0.3) is 0 Å². The van der Waals surface area contributed by atoms with Crippen molar-refractivity contribution < 1.29 is 9.59 Å². The maximum atomic E-state index is 9.86. The van der Waals surface area contributed by atoms with Crippen molar-refractivity contribution in [2.45, 2.75) is 44.2 Å². The average molecular weight is 182 g/mol. The van der Waals surface area contributed by atoms with Crippen LogP contribution in [0.25, 0.3) is 0 Å². The third-order valence-corrected chi connectivity index (χ3v) is 4.96. The van der Waals surface area contributed by atoms with Gasteiger partial charge in [0.15, 0.2) is 0 Å². The minimum absolute atomic E-state index is 0.0411. The van der Waals surface area contributed by atoms with Gasteiger partial charge in [0, 0.05) is 6.42 Å². The van der Waals surface area contributed by atoms with E-state index in [1.54, 1.807) is 0 Å². The van der Waals surface area contributed by atoms with Gasteiger partial charge in [0.2, 0.25) is 0 Å². The summed E-state index contributed by atoms with van der Waals surface area (Å²) in [6.07, 6.45) is 5.42. The predicted octanol–water partition coefficient (Wildman–Crippen LogP) is 1.14. The van der Waals surface area contributed by atoms with E-state index >= 15 is 0 Å². The van der Waals surface area contributed by atoms with Gasteiger partial charge in [-0.05, 0) is 6.42 Å². The van der Waals surface area contributed by atoms with Crippen molar-refractivity contribution in [2.75, 3.05) is 19.6 Å². The Hall–Kier alpha value is -0.0800. The van der Waals surface area contributed by atoms with E-state index in [0.29, 0.717) is 11.5 Å². The summed E-state index contributed by atoms with van der Waals surface area (Å²) >= 11 is 0. The van der Waals surface area contributed by atoms with Gasteiger partial charge in [-0.1, -0.05) is 13.3 Å². The van der Waals surface area contributed by atoms with Gasteiger partial charge in [0.1, 0.15) is 18.2 Å². The molecule has 2 heterocycles. The molecule has 0 aromatic rings. The molecule has 2 nitrogen and oxygen atoms in total. The lowest BCUT2D eigenvalue weighted by molar-refractivity contribution is -0.994. The van der Waals surface area contributed by atoms with Crippen molar-refractivity contribution >= 4 is 0 Å². The molecule has 1 aliphatic carbocycles. The van der Waals surface area contributed by atoms with Gasteiger partial charge in [-0.3, -0.25) is 0 Å². The molecule has 0 aromatic heterocycles. The van der Waals surface area contributed by atoms with Crippen LogP contribution in [-0.4, -0.2) is 40.9 Å². The monoisotopic (exact) mass is 182 g/mol. The van der Waals surface area contributed by atoms with Crippen LogP contribution < -0.4 is 0 Å². The van der Waals surface area contributed by atoms with E-state index in [1.807, 2.05) is 0 Å². The summed E-state index contributed by atoms with van der Waals surface area (Å²) in [6.45, 7) is 6.03. The Bertz CT molecular complexity index is 242. The van der Waals surface area contributed by atoms with Crippen LogP contribution in [0.5, 0.6) is 0 Å². The molecule has 4 unspecified atom stereocenters. The molecule has 0 aromatic carbocycles. The molecule has 3 rings (SSSR count). The Balaban J connectivity index is 1.77. The first kappa shape index (κ1) is 8.25. The average Bonchev–Trinajstić information content (AvgIpc) is 2.83. The van der Waals surface area contributed by atoms with E-state index in [4.69, 9.17) is 0 Å². The van der Waals surface area contributed by atoms with Crippen LogP contribution in [0.2, 0.25) is 0 Å². The fourth-order valence-electron chi connectivity index (χ4n) is 4.01. The van der Waals surface area contributed by atoms with Crippen molar-refractivity contribution in [1.82, 2.24) is 0 Å². The highest BCUT2D eigenvalue weighted by molar-refractivity contribution is 5.17. The SMILES string of the molecule is CCCC[N+]12CCC13CC3C(O)C2. The van der Waals surface area contributed by atoms with Crippen LogP contribution in [0.3, 0.4) is 0 Å². The number of unbranched alkanes of at least 4 members (excludes halogenated alkanes) is 1. The molecular formula is C11H20NO+. The number of rotatable bonds is 3. The molecular weight excluding hydrogens is 162 g/mol. The largest absolute Gasteiger partial charge is 0.387 e. The standard InChI is InChI=1S/C11H20NO/c1-2-3-5-12-6-4-11(12)7-9(11)10(13)8-12/h9-10,13H,2-8H2,1H3/q+1. The second-order valence-corrected chi connectivity index (χ2v) is 5.36. The number of piperidine rings is 1. The van der Waals surface area contributed by atoms with Crippen LogP contribution in [0.1, 0.15) is 32.6 Å². The Morgan fingerprint density at radius 1 is 1.54 bits per heavy atom. The summed E-state index contributed by atoms with van der Waals surface area (Å²) < 4.78 is 1.30. The summed E-state index contributed by atoms with van der Waals surface area (Å²) in [5, 5.41) is 9.86. The molecule has 1 N–H and O–H groups in total. The molecule has 3 fully saturated rings. The van der Waals surface area contributed by atoms with E-state index in [-0.39, 0.29) is 6.10 Å². The van der Waals surface area contributed by atoms with E-state index in [1.165, 1.54) is 43.3 Å². The molecule has 0 amide bonds. The molecule has 2 aliphatic heterocycles. The lowest BCUT2D eigenvalue weighted by Crippen LogP contribution is -2.66. The molecule has 1 saturated carbocycles. The highest BCUT2D eigenvalue weighted by atomic mass is 16.3. The highest BCUT2D eigenvalue weighted by Crippen LogP contribution is 2.67. The second kappa shape index (κ2) is 2.29. The fourth-order valence-corrected chi connectivity index (χ4v) is 4.01. The molecule has 2 saturated heterocycles. The van der Waals surface area contributed by atoms with Crippen LogP contribution in [0.15, 0.2) is 0 Å². The predicted molar refractivity (Wildman–Crippen MR) is 51.2 cm³/mol. The van der Waals surface area contributed by atoms with Gasteiger partial charge in [-0.25, -0.2) is 0 Å². The topological polar surface area (TPSA) is 20.2 Å². The molecule has 74 valence electrons. The maximum Gasteiger partial charge on any atom is 0.112 e. The second-order valence-electron chi connectivity index (χ2n) is 5.36. The van der Waals surface area contributed by atoms with Gasteiger partial charge >= 0.3 is 0 Å². The van der Waals surface area contributed by atoms with Gasteiger partial charge in [0.05, 0.1) is 25.4 Å². The Morgan fingerprint density at radius 3 is 2.85 bits per heavy atom. The molecule has 1 spiro atoms. The minimum atomic E-state index is 0.0411. The number of aliphatic hydroxyl groups is 1. The van der Waals surface area contributed by atoms with Crippen LogP contribution in [-0.2, 0) is 0 Å². The molecule has 3 aliphatic rings. The summed E-state index contributed by atoms with van der Waals surface area (Å²) in [6, 6.07) is 0. The first-order valence-corrected chi connectivity index (χ1v) is 5.78. The lowest BCUT2D eigenvalue weighted by atomic mass is 9.95. The zero-order valence-electron chi connectivity index (χ0n) is 8.50. The van der Waals surface area contributed by atoms with Crippen molar-refractivity contribution in [3.8, 4) is 0 Å². The number of quaternary nitrogens is 1. The van der Waals surface area contributed by atoms with E-state index in [2.05, 4.69) is 6.92 Å². The minimum Gasteiger partial charge on any atom is -0.387 e. The summed E-state index contributed by atoms with van der Waals surface area (Å²) in [4.78, 5) is 0. The van der Waals surface area contributed by atoms with Gasteiger partial charge < -0.3 is 9.59 Å². The Morgan fingerprint density at radius 2 is 2.38 bits per heavy atom. The lowest BCUT2D eigenvalue weighted by Gasteiger charge is -2.51. The third-order valence-electron chi connectivity index (χ3n) is 4.96. The van der Waals surface area contributed by atoms with Crippen LogP contribution in [0.4, 0.5) is 0 Å². The van der Waals surface area contributed by atoms with E-state index in [9.17, 15) is 5.11 Å². The van der Waals surface area contributed by atoms with Gasteiger partial charge in [-0.15, -0.1) is 0 Å². The Kier molecular flexibility index (Phi) is 1.45. The van der Waals surface area contributed by atoms with Crippen molar-refractivity contribution in [1.29, 1.82) is 0 Å². The van der Waals surface area contributed by atoms with Crippen molar-refractivity contribution in [3.05, 3.63) is 0 Å². The quantitative estimate of drug-likeness (QED) is 0.649. The molecule has 0 radical (unpaired) electrons. The number of hydrogen-bond acceptors (Lipinski definition) is 1. The zero-order chi connectivity index (χ0) is 9.10. The van der Waals surface area contributed by atoms with Crippen molar-refractivity contribution in [3.63, 3.8) is 0 Å². The highest BCUT2D eigenvalue weighted by Gasteiger charge is 2.80. The Labute approximate surface area is 80.1 Å². The third kappa shape index (κ3) is 0.774. The smallest absolute Gasteiger partial charge is 0.112 e. The fraction of sp³-hybridized carbons (Fsp3) is 1.00. The summed E-state index contributed by atoms with van der Waals surface area (Å²) in [7, 11) is 0.